The summed E-state index contributed by atoms with van der Waals surface area (Å²) in [6.07, 6.45) is 1.72. The van der Waals surface area contributed by atoms with Crippen molar-refractivity contribution >= 4 is 23.2 Å². The van der Waals surface area contributed by atoms with Crippen LogP contribution in [0.1, 0.15) is 62.7 Å². The van der Waals surface area contributed by atoms with Crippen molar-refractivity contribution < 1.29 is 18.7 Å². The lowest BCUT2D eigenvalue weighted by Gasteiger charge is -2.34. The highest BCUT2D eigenvalue weighted by Gasteiger charge is 2.35. The number of hydrogen-bond donors (Lipinski definition) is 1. The molecule has 5 nitrogen and oxygen atoms in total. The molecule has 0 saturated heterocycles. The second-order valence-corrected chi connectivity index (χ2v) is 8.05. The fourth-order valence-electron chi connectivity index (χ4n) is 3.21. The van der Waals surface area contributed by atoms with E-state index in [0.717, 1.165) is 41.3 Å². The van der Waals surface area contributed by atoms with E-state index in [-0.39, 0.29) is 17.4 Å². The van der Waals surface area contributed by atoms with E-state index < -0.39 is 5.97 Å². The van der Waals surface area contributed by atoms with Gasteiger partial charge in [-0.3, -0.25) is 4.79 Å². The number of thiophene rings is 1. The van der Waals surface area contributed by atoms with E-state index in [0.29, 0.717) is 9.75 Å². The number of esters is 1. The lowest BCUT2D eigenvalue weighted by molar-refractivity contribution is 0.0606. The molecule has 24 heavy (non-hydrogen) atoms. The second-order valence-electron chi connectivity index (χ2n) is 6.96. The van der Waals surface area contributed by atoms with Gasteiger partial charge in [0.2, 0.25) is 0 Å². The highest BCUT2D eigenvalue weighted by Crippen LogP contribution is 2.42. The zero-order valence-corrected chi connectivity index (χ0v) is 15.1. The number of nitrogens with one attached hydrogen (secondary N) is 1. The van der Waals surface area contributed by atoms with Crippen LogP contribution in [0.4, 0.5) is 0 Å². The number of carbonyl (C=O) groups excluding carboxylic acids is 2. The van der Waals surface area contributed by atoms with Crippen LogP contribution in [-0.2, 0) is 11.2 Å². The summed E-state index contributed by atoms with van der Waals surface area (Å²) in [4.78, 5) is 25.0. The van der Waals surface area contributed by atoms with Crippen molar-refractivity contribution in [2.45, 2.75) is 39.7 Å². The lowest BCUT2D eigenvalue weighted by atomic mass is 9.74. The maximum atomic E-state index is 12.6. The van der Waals surface area contributed by atoms with Crippen LogP contribution in [0.25, 0.3) is 0 Å². The smallest absolute Gasteiger partial charge is 0.348 e. The molecule has 1 unspecified atom stereocenters. The summed E-state index contributed by atoms with van der Waals surface area (Å²) >= 11 is 1.14. The number of rotatable bonds is 3. The van der Waals surface area contributed by atoms with Crippen LogP contribution in [0.2, 0.25) is 0 Å². The first-order chi connectivity index (χ1) is 11.3. The van der Waals surface area contributed by atoms with Gasteiger partial charge in [-0.1, -0.05) is 13.8 Å². The number of ether oxygens (including phenoxy) is 1. The van der Waals surface area contributed by atoms with Crippen molar-refractivity contribution in [2.24, 2.45) is 5.41 Å². The van der Waals surface area contributed by atoms with Gasteiger partial charge in [0.1, 0.15) is 16.4 Å². The van der Waals surface area contributed by atoms with Crippen LogP contribution in [0, 0.1) is 12.3 Å². The molecule has 1 aliphatic rings. The Morgan fingerprint density at radius 2 is 2.04 bits per heavy atom. The van der Waals surface area contributed by atoms with Crippen molar-refractivity contribution in [1.82, 2.24) is 5.32 Å². The zero-order chi connectivity index (χ0) is 17.5. The second kappa shape index (κ2) is 6.09. The first-order valence-corrected chi connectivity index (χ1v) is 8.69. The summed E-state index contributed by atoms with van der Waals surface area (Å²) in [6, 6.07) is 5.19. The molecular formula is C18H21NO4S. The van der Waals surface area contributed by atoms with Crippen LogP contribution < -0.4 is 5.32 Å². The molecule has 1 N–H and O–H groups in total. The predicted octanol–water partition coefficient (Wildman–Crippen LogP) is 3.88. The largest absolute Gasteiger partial charge is 0.466 e. The SMILES string of the molecule is COC(=O)c1ccc(C(=O)NC2CC(C)(C)Cc3oc(C)cc32)s1. The van der Waals surface area contributed by atoms with Crippen molar-refractivity contribution in [1.29, 1.82) is 0 Å². The molecule has 0 aliphatic heterocycles. The predicted molar refractivity (Wildman–Crippen MR) is 91.4 cm³/mol. The molecule has 128 valence electrons. The van der Waals surface area contributed by atoms with Crippen LogP contribution in [0.3, 0.4) is 0 Å². The van der Waals surface area contributed by atoms with Gasteiger partial charge in [-0.05, 0) is 37.0 Å². The Morgan fingerprint density at radius 1 is 1.33 bits per heavy atom. The monoisotopic (exact) mass is 347 g/mol. The van der Waals surface area contributed by atoms with E-state index in [9.17, 15) is 9.59 Å². The van der Waals surface area contributed by atoms with Gasteiger partial charge in [0, 0.05) is 12.0 Å². The topological polar surface area (TPSA) is 68.5 Å². The minimum atomic E-state index is -0.425. The highest BCUT2D eigenvalue weighted by molar-refractivity contribution is 7.15. The number of hydrogen-bond acceptors (Lipinski definition) is 5. The van der Waals surface area contributed by atoms with Gasteiger partial charge < -0.3 is 14.5 Å². The average molecular weight is 347 g/mol. The number of carbonyl (C=O) groups is 2. The quantitative estimate of drug-likeness (QED) is 0.856. The third-order valence-electron chi connectivity index (χ3n) is 4.26. The van der Waals surface area contributed by atoms with Crippen molar-refractivity contribution in [3.8, 4) is 0 Å². The molecule has 2 aromatic heterocycles. The summed E-state index contributed by atoms with van der Waals surface area (Å²) in [5, 5.41) is 3.09. The summed E-state index contributed by atoms with van der Waals surface area (Å²) in [7, 11) is 1.33. The van der Waals surface area contributed by atoms with Gasteiger partial charge in [-0.2, -0.15) is 0 Å². The molecule has 1 atom stereocenters. The van der Waals surface area contributed by atoms with Gasteiger partial charge in [0.25, 0.3) is 5.91 Å². The van der Waals surface area contributed by atoms with Gasteiger partial charge in [0.15, 0.2) is 0 Å². The normalized spacial score (nSPS) is 18.8. The van der Waals surface area contributed by atoms with E-state index in [1.165, 1.54) is 7.11 Å². The minimum Gasteiger partial charge on any atom is -0.466 e. The van der Waals surface area contributed by atoms with Gasteiger partial charge >= 0.3 is 5.97 Å². The summed E-state index contributed by atoms with van der Waals surface area (Å²) in [5.74, 6) is 1.21. The number of methoxy groups -OCH3 is 1. The molecule has 0 fully saturated rings. The Kier molecular flexibility index (Phi) is 4.25. The van der Waals surface area contributed by atoms with E-state index >= 15 is 0 Å². The summed E-state index contributed by atoms with van der Waals surface area (Å²) in [5.41, 5.74) is 1.12. The lowest BCUT2D eigenvalue weighted by Crippen LogP contribution is -2.35. The minimum absolute atomic E-state index is 0.0574. The summed E-state index contributed by atoms with van der Waals surface area (Å²) in [6.45, 7) is 6.27. The molecule has 2 heterocycles. The van der Waals surface area contributed by atoms with Crippen LogP contribution in [-0.4, -0.2) is 19.0 Å². The van der Waals surface area contributed by atoms with E-state index in [2.05, 4.69) is 23.9 Å². The molecule has 0 spiro atoms. The Balaban J connectivity index is 1.81. The number of furan rings is 1. The molecule has 3 rings (SSSR count). The molecular weight excluding hydrogens is 326 g/mol. The van der Waals surface area contributed by atoms with E-state index in [1.807, 2.05) is 13.0 Å². The summed E-state index contributed by atoms with van der Waals surface area (Å²) < 4.78 is 10.5. The molecule has 0 bridgehead atoms. The van der Waals surface area contributed by atoms with Crippen molar-refractivity contribution in [2.75, 3.05) is 7.11 Å². The third-order valence-corrected chi connectivity index (χ3v) is 5.32. The van der Waals surface area contributed by atoms with Crippen molar-refractivity contribution in [3.05, 3.63) is 45.0 Å². The van der Waals surface area contributed by atoms with E-state index in [4.69, 9.17) is 4.42 Å². The molecule has 1 aliphatic carbocycles. The Morgan fingerprint density at radius 3 is 2.75 bits per heavy atom. The fraction of sp³-hybridized carbons (Fsp3) is 0.444. The Bertz CT molecular complexity index is 787. The van der Waals surface area contributed by atoms with Gasteiger partial charge in [-0.25, -0.2) is 4.79 Å². The zero-order valence-electron chi connectivity index (χ0n) is 14.3. The number of amides is 1. The molecule has 1 amide bonds. The van der Waals surface area contributed by atoms with Gasteiger partial charge in [0.05, 0.1) is 18.0 Å². The number of fused-ring (bicyclic) bond motifs is 1. The maximum Gasteiger partial charge on any atom is 0.348 e. The number of aryl methyl sites for hydroxylation is 1. The van der Waals surface area contributed by atoms with Crippen LogP contribution >= 0.6 is 11.3 Å². The highest BCUT2D eigenvalue weighted by atomic mass is 32.1. The molecule has 0 aromatic carbocycles. The molecule has 2 aromatic rings. The van der Waals surface area contributed by atoms with Crippen molar-refractivity contribution in [3.63, 3.8) is 0 Å². The molecule has 6 heteroatoms. The molecule has 0 saturated carbocycles. The van der Waals surface area contributed by atoms with Crippen LogP contribution in [0.5, 0.6) is 0 Å². The molecule has 0 radical (unpaired) electrons. The fourth-order valence-corrected chi connectivity index (χ4v) is 4.04. The third kappa shape index (κ3) is 3.24. The standard InChI is InChI=1S/C18H21NO4S/c1-10-7-11-12(8-18(2,3)9-13(11)23-10)19-16(20)14-5-6-15(24-14)17(21)22-4/h5-7,12H,8-9H2,1-4H3,(H,19,20). The Hall–Kier alpha value is -2.08. The van der Waals surface area contributed by atoms with Crippen LogP contribution in [0.15, 0.2) is 22.6 Å². The average Bonchev–Trinajstić information content (AvgIpc) is 3.11. The first-order valence-electron chi connectivity index (χ1n) is 7.87. The van der Waals surface area contributed by atoms with E-state index in [1.54, 1.807) is 12.1 Å². The van der Waals surface area contributed by atoms with Gasteiger partial charge in [-0.15, -0.1) is 11.3 Å². The first kappa shape index (κ1) is 16.8. The Labute approximate surface area is 145 Å². The maximum absolute atomic E-state index is 12.6.